The van der Waals surface area contributed by atoms with Crippen molar-refractivity contribution in [2.24, 2.45) is 5.73 Å². The maximum absolute atomic E-state index is 11.1. The van der Waals surface area contributed by atoms with Crippen molar-refractivity contribution >= 4 is 11.7 Å². The average Bonchev–Trinajstić information content (AvgIpc) is 2.13. The minimum Gasteiger partial charge on any atom is -0.352 e. The first kappa shape index (κ1) is 12.1. The Morgan fingerprint density at radius 3 is 2.46 bits per heavy atom. The van der Waals surface area contributed by atoms with Crippen LogP contribution >= 0.6 is 0 Å². The fraction of sp³-hybridized carbons (Fsp3) is 0.778. The first-order valence-corrected chi connectivity index (χ1v) is 4.61. The summed E-state index contributed by atoms with van der Waals surface area (Å²) in [7, 11) is 0. The van der Waals surface area contributed by atoms with Gasteiger partial charge < -0.3 is 11.1 Å². The maximum Gasteiger partial charge on any atom is 0.220 e. The van der Waals surface area contributed by atoms with Gasteiger partial charge in [-0.15, -0.1) is 0 Å². The summed E-state index contributed by atoms with van der Waals surface area (Å²) in [5.41, 5.74) is 5.32. The molecule has 0 radical (unpaired) electrons. The molecule has 0 fully saturated rings. The topological polar surface area (TPSA) is 72.2 Å². The van der Waals surface area contributed by atoms with E-state index in [0.717, 1.165) is 0 Å². The summed E-state index contributed by atoms with van der Waals surface area (Å²) in [6.45, 7) is 4.05. The average molecular weight is 186 g/mol. The summed E-state index contributed by atoms with van der Waals surface area (Å²) in [6, 6.07) is -0.00997. The van der Waals surface area contributed by atoms with E-state index in [1.807, 2.05) is 6.92 Å². The van der Waals surface area contributed by atoms with Crippen LogP contribution in [0.25, 0.3) is 0 Å². The summed E-state index contributed by atoms with van der Waals surface area (Å²) in [5.74, 6) is 0.0234. The van der Waals surface area contributed by atoms with Crippen LogP contribution in [0.2, 0.25) is 0 Å². The Hall–Kier alpha value is -0.900. The van der Waals surface area contributed by atoms with Gasteiger partial charge >= 0.3 is 0 Å². The number of nitrogens with two attached hydrogens (primary N) is 1. The summed E-state index contributed by atoms with van der Waals surface area (Å²) in [5, 5.41) is 2.69. The number of Topliss-reactive ketones (excluding diaryl/α,β-unsaturated/α-hetero) is 1. The van der Waals surface area contributed by atoms with Gasteiger partial charge in [0.15, 0.2) is 0 Å². The van der Waals surface area contributed by atoms with Crippen LogP contribution < -0.4 is 11.1 Å². The molecule has 1 unspecified atom stereocenters. The highest BCUT2D eigenvalue weighted by molar-refractivity contribution is 5.84. The summed E-state index contributed by atoms with van der Waals surface area (Å²) in [4.78, 5) is 22.0. The molecule has 0 saturated carbocycles. The van der Waals surface area contributed by atoms with Crippen molar-refractivity contribution in [1.82, 2.24) is 5.32 Å². The standard InChI is InChI=1S/C9H18N2O2/c1-3-8(12)4-5-9(13)11-7(2)6-10/h7H,3-6,10H2,1-2H3,(H,11,13). The number of rotatable bonds is 6. The molecule has 0 aliphatic rings. The van der Waals surface area contributed by atoms with Gasteiger partial charge in [0.1, 0.15) is 5.78 Å². The van der Waals surface area contributed by atoms with Crippen molar-refractivity contribution < 1.29 is 9.59 Å². The third kappa shape index (κ3) is 6.28. The minimum absolute atomic E-state index is 0.00997. The lowest BCUT2D eigenvalue weighted by Gasteiger charge is -2.10. The number of carbonyl (C=O) groups is 2. The van der Waals surface area contributed by atoms with Crippen LogP contribution in [0.5, 0.6) is 0 Å². The lowest BCUT2D eigenvalue weighted by atomic mass is 10.1. The first-order chi connectivity index (χ1) is 6.10. The van der Waals surface area contributed by atoms with Gasteiger partial charge in [0.25, 0.3) is 0 Å². The van der Waals surface area contributed by atoms with E-state index in [0.29, 0.717) is 19.4 Å². The van der Waals surface area contributed by atoms with Crippen molar-refractivity contribution in [2.75, 3.05) is 6.54 Å². The number of hydrogen-bond donors (Lipinski definition) is 2. The summed E-state index contributed by atoms with van der Waals surface area (Å²) in [6.07, 6.45) is 1.11. The second-order valence-electron chi connectivity index (χ2n) is 3.10. The van der Waals surface area contributed by atoms with Gasteiger partial charge in [-0.1, -0.05) is 6.92 Å². The number of hydrogen-bond acceptors (Lipinski definition) is 3. The van der Waals surface area contributed by atoms with E-state index in [4.69, 9.17) is 5.73 Å². The summed E-state index contributed by atoms with van der Waals surface area (Å²) < 4.78 is 0. The molecule has 4 nitrogen and oxygen atoms in total. The van der Waals surface area contributed by atoms with E-state index in [9.17, 15) is 9.59 Å². The van der Waals surface area contributed by atoms with Gasteiger partial charge in [0, 0.05) is 31.8 Å². The Morgan fingerprint density at radius 1 is 1.38 bits per heavy atom. The smallest absolute Gasteiger partial charge is 0.220 e. The maximum atomic E-state index is 11.1. The summed E-state index contributed by atoms with van der Waals surface area (Å²) >= 11 is 0. The number of ketones is 1. The fourth-order valence-electron chi connectivity index (χ4n) is 0.836. The van der Waals surface area contributed by atoms with Gasteiger partial charge in [-0.2, -0.15) is 0 Å². The van der Waals surface area contributed by atoms with Crippen LogP contribution in [-0.2, 0) is 9.59 Å². The second-order valence-corrected chi connectivity index (χ2v) is 3.10. The fourth-order valence-corrected chi connectivity index (χ4v) is 0.836. The van der Waals surface area contributed by atoms with Gasteiger partial charge in [-0.25, -0.2) is 0 Å². The highest BCUT2D eigenvalue weighted by Crippen LogP contribution is 1.94. The minimum atomic E-state index is -0.0975. The van der Waals surface area contributed by atoms with Crippen LogP contribution in [0, 0.1) is 0 Å². The predicted octanol–water partition coefficient (Wildman–Crippen LogP) is 0.209. The molecule has 1 atom stereocenters. The predicted molar refractivity (Wildman–Crippen MR) is 51.2 cm³/mol. The zero-order valence-corrected chi connectivity index (χ0v) is 8.30. The monoisotopic (exact) mass is 186 g/mol. The molecule has 0 spiro atoms. The second kappa shape index (κ2) is 6.60. The molecule has 76 valence electrons. The van der Waals surface area contributed by atoms with E-state index < -0.39 is 0 Å². The van der Waals surface area contributed by atoms with Crippen molar-refractivity contribution in [1.29, 1.82) is 0 Å². The van der Waals surface area contributed by atoms with Gasteiger partial charge in [0.05, 0.1) is 0 Å². The van der Waals surface area contributed by atoms with E-state index in [-0.39, 0.29) is 24.2 Å². The highest BCUT2D eigenvalue weighted by Gasteiger charge is 2.07. The molecule has 13 heavy (non-hydrogen) atoms. The van der Waals surface area contributed by atoms with Crippen LogP contribution in [0.3, 0.4) is 0 Å². The Bertz CT molecular complexity index is 180. The molecule has 0 aromatic rings. The van der Waals surface area contributed by atoms with E-state index in [1.54, 1.807) is 6.92 Å². The molecule has 0 saturated heterocycles. The third-order valence-corrected chi connectivity index (χ3v) is 1.79. The molecule has 0 rings (SSSR count). The normalized spacial score (nSPS) is 12.2. The van der Waals surface area contributed by atoms with Gasteiger partial charge in [-0.3, -0.25) is 9.59 Å². The van der Waals surface area contributed by atoms with Gasteiger partial charge in [0.2, 0.25) is 5.91 Å². The molecule has 0 aliphatic carbocycles. The molecular formula is C9H18N2O2. The number of nitrogens with one attached hydrogen (secondary N) is 1. The molecule has 1 amide bonds. The van der Waals surface area contributed by atoms with Crippen molar-refractivity contribution in [3.63, 3.8) is 0 Å². The molecule has 4 heteroatoms. The van der Waals surface area contributed by atoms with Crippen LogP contribution in [0.4, 0.5) is 0 Å². The molecule has 0 aromatic heterocycles. The molecular weight excluding hydrogens is 168 g/mol. The van der Waals surface area contributed by atoms with Gasteiger partial charge in [-0.05, 0) is 6.92 Å². The van der Waals surface area contributed by atoms with Crippen LogP contribution in [0.1, 0.15) is 33.1 Å². The molecule has 0 heterocycles. The highest BCUT2D eigenvalue weighted by atomic mass is 16.2. The zero-order chi connectivity index (χ0) is 10.3. The largest absolute Gasteiger partial charge is 0.352 e. The van der Waals surface area contributed by atoms with Crippen LogP contribution in [-0.4, -0.2) is 24.3 Å². The van der Waals surface area contributed by atoms with Crippen molar-refractivity contribution in [3.8, 4) is 0 Å². The quantitative estimate of drug-likeness (QED) is 0.622. The Kier molecular flexibility index (Phi) is 6.14. The van der Waals surface area contributed by atoms with E-state index >= 15 is 0 Å². The Morgan fingerprint density at radius 2 is 2.00 bits per heavy atom. The molecule has 0 bridgehead atoms. The molecule has 3 N–H and O–H groups in total. The van der Waals surface area contributed by atoms with Crippen LogP contribution in [0.15, 0.2) is 0 Å². The van der Waals surface area contributed by atoms with Crippen molar-refractivity contribution in [2.45, 2.75) is 39.2 Å². The lowest BCUT2D eigenvalue weighted by Crippen LogP contribution is -2.37. The third-order valence-electron chi connectivity index (χ3n) is 1.79. The first-order valence-electron chi connectivity index (χ1n) is 4.61. The molecule has 0 aromatic carbocycles. The Balaban J connectivity index is 3.57. The SMILES string of the molecule is CCC(=O)CCC(=O)NC(C)CN. The van der Waals surface area contributed by atoms with E-state index in [1.165, 1.54) is 0 Å². The number of amides is 1. The van der Waals surface area contributed by atoms with Crippen molar-refractivity contribution in [3.05, 3.63) is 0 Å². The Labute approximate surface area is 78.9 Å². The molecule has 0 aliphatic heterocycles. The zero-order valence-electron chi connectivity index (χ0n) is 8.30. The number of carbonyl (C=O) groups excluding carboxylic acids is 2. The lowest BCUT2D eigenvalue weighted by molar-refractivity contribution is -0.125. The van der Waals surface area contributed by atoms with E-state index in [2.05, 4.69) is 5.32 Å².